The number of nitrogens with zero attached hydrogens (tertiary/aromatic N) is 2. The highest BCUT2D eigenvalue weighted by Gasteiger charge is 2.35. The zero-order valence-electron chi connectivity index (χ0n) is 13.5. The molecule has 0 aliphatic heterocycles. The summed E-state index contributed by atoms with van der Waals surface area (Å²) in [5.74, 6) is 0. The highest BCUT2D eigenvalue weighted by molar-refractivity contribution is 8.14. The first kappa shape index (κ1) is 21.6. The fourth-order valence-corrected chi connectivity index (χ4v) is 5.03. The van der Waals surface area contributed by atoms with Gasteiger partial charge in [-0.1, -0.05) is 11.3 Å². The largest absolute Gasteiger partial charge is 0.443 e. The first-order valence-corrected chi connectivity index (χ1v) is 11.5. The van der Waals surface area contributed by atoms with Crippen LogP contribution in [0.1, 0.15) is 26.3 Å². The Morgan fingerprint density at radius 2 is 1.88 bits per heavy atom. The average molecular weight is 435 g/mol. The lowest BCUT2D eigenvalue weighted by Gasteiger charge is -2.25. The maximum absolute atomic E-state index is 12.1. The molecule has 0 spiro atoms. The molecule has 0 bridgehead atoms. The molecule has 0 aromatic carbocycles. The molecule has 0 N–H and O–H groups in total. The van der Waals surface area contributed by atoms with E-state index >= 15 is 0 Å². The first-order valence-electron chi connectivity index (χ1n) is 6.44. The van der Waals surface area contributed by atoms with E-state index in [1.54, 1.807) is 0 Å². The van der Waals surface area contributed by atoms with Gasteiger partial charge in [0.1, 0.15) is 5.60 Å². The molecule has 0 atom stereocenters. The molecule has 1 heterocycles. The van der Waals surface area contributed by atoms with Gasteiger partial charge in [0.2, 0.25) is 10.0 Å². The van der Waals surface area contributed by atoms with Gasteiger partial charge in [0.25, 0.3) is 9.05 Å². The van der Waals surface area contributed by atoms with E-state index < -0.39 is 52.1 Å². The smallest absolute Gasteiger partial charge is 0.424 e. The highest BCUT2D eigenvalue weighted by Crippen LogP contribution is 2.37. The Morgan fingerprint density at radius 1 is 1.36 bits per heavy atom. The lowest BCUT2D eigenvalue weighted by atomic mass is 10.2. The molecule has 14 heteroatoms. The maximum Gasteiger partial charge on any atom is 0.424 e. The zero-order valence-corrected chi connectivity index (χ0v) is 16.8. The van der Waals surface area contributed by atoms with Gasteiger partial charge in [0, 0.05) is 21.6 Å². The van der Waals surface area contributed by atoms with Crippen molar-refractivity contribution in [1.82, 2.24) is 4.31 Å². The Balaban J connectivity index is 3.41. The van der Waals surface area contributed by atoms with Crippen LogP contribution in [0.15, 0.2) is 10.3 Å². The second kappa shape index (κ2) is 7.05. The van der Waals surface area contributed by atoms with Crippen molar-refractivity contribution in [2.45, 2.75) is 37.8 Å². The van der Waals surface area contributed by atoms with E-state index in [0.29, 0.717) is 17.6 Å². The Hall–Kier alpha value is -1.44. The number of hydrogen-bond donors (Lipinski definition) is 0. The Kier molecular flexibility index (Phi) is 6.09. The summed E-state index contributed by atoms with van der Waals surface area (Å²) in [6.45, 7) is 3.75. The third-order valence-electron chi connectivity index (χ3n) is 2.52. The number of thiophene rings is 1. The molecule has 142 valence electrons. The molecule has 1 aromatic heterocycles. The van der Waals surface area contributed by atoms with Gasteiger partial charge in [0.15, 0.2) is 4.90 Å². The van der Waals surface area contributed by atoms with Gasteiger partial charge < -0.3 is 4.74 Å². The summed E-state index contributed by atoms with van der Waals surface area (Å²) in [5.41, 5.74) is -1.31. The van der Waals surface area contributed by atoms with E-state index in [-0.39, 0.29) is 9.87 Å². The van der Waals surface area contributed by atoms with E-state index in [9.17, 15) is 31.7 Å². The van der Waals surface area contributed by atoms with Crippen molar-refractivity contribution < 1.29 is 31.3 Å². The van der Waals surface area contributed by atoms with Crippen molar-refractivity contribution in [1.29, 1.82) is 0 Å². The number of halogens is 1. The van der Waals surface area contributed by atoms with Crippen LogP contribution in [0.2, 0.25) is 0 Å². The second-order valence-electron chi connectivity index (χ2n) is 5.84. The van der Waals surface area contributed by atoms with E-state index in [0.717, 1.165) is 5.38 Å². The van der Waals surface area contributed by atoms with Crippen molar-refractivity contribution in [2.24, 2.45) is 0 Å². The molecule has 1 rings (SSSR count). The highest BCUT2D eigenvalue weighted by atomic mass is 35.7. The Labute approximate surface area is 153 Å². The van der Waals surface area contributed by atoms with Gasteiger partial charge in [-0.05, 0) is 20.8 Å². The normalized spacial score (nSPS) is 12.7. The molecule has 10 nitrogen and oxygen atoms in total. The number of sulfonamides is 1. The summed E-state index contributed by atoms with van der Waals surface area (Å²) in [5, 5.41) is 11.2. The van der Waals surface area contributed by atoms with Gasteiger partial charge in [-0.25, -0.2) is 25.9 Å². The maximum atomic E-state index is 12.1. The summed E-state index contributed by atoms with van der Waals surface area (Å²) in [6.07, 6.45) is -0.534. The van der Waals surface area contributed by atoms with Gasteiger partial charge >= 0.3 is 11.1 Å². The minimum atomic E-state index is -4.55. The van der Waals surface area contributed by atoms with Crippen LogP contribution >= 0.6 is 22.0 Å². The molecule has 0 fully saturated rings. The summed E-state index contributed by atoms with van der Waals surface area (Å²) in [6, 6.07) is 0. The Bertz CT molecular complexity index is 898. The van der Waals surface area contributed by atoms with Gasteiger partial charge in [-0.15, -0.1) is 0 Å². The van der Waals surface area contributed by atoms with Crippen molar-refractivity contribution in [3.05, 3.63) is 21.1 Å². The average Bonchev–Trinajstić information content (AvgIpc) is 2.75. The summed E-state index contributed by atoms with van der Waals surface area (Å²) < 4.78 is 52.3. The second-order valence-corrected chi connectivity index (χ2v) is 11.1. The van der Waals surface area contributed by atoms with Crippen LogP contribution in [0.3, 0.4) is 0 Å². The molecule has 0 aliphatic carbocycles. The molecule has 0 saturated carbocycles. The topological polar surface area (TPSA) is 141 Å². The van der Waals surface area contributed by atoms with E-state index in [4.69, 9.17) is 15.4 Å². The standard InChI is InChI=1S/C11H15ClN2O8S3/c1-11(2,3)22-10(15)13(24(4,18)19)5-7-6-23-9(14(16)17)8(7)25(12,20)21/h6H,5H2,1-4H3. The minimum Gasteiger partial charge on any atom is -0.443 e. The molecule has 0 aliphatic rings. The van der Waals surface area contributed by atoms with Crippen molar-refractivity contribution in [2.75, 3.05) is 6.26 Å². The fraction of sp³-hybridized carbons (Fsp3) is 0.545. The van der Waals surface area contributed by atoms with E-state index in [2.05, 4.69) is 0 Å². The SMILES string of the molecule is CC(C)(C)OC(=O)N(Cc1csc([N+](=O)[O-])c1S(=O)(=O)Cl)S(C)(=O)=O. The number of rotatable bonds is 5. The first-order chi connectivity index (χ1) is 11.0. The number of amides is 1. The summed E-state index contributed by atoms with van der Waals surface area (Å²) >= 11 is 0.452. The lowest BCUT2D eigenvalue weighted by molar-refractivity contribution is -0.383. The number of nitro groups is 1. The van der Waals surface area contributed by atoms with Gasteiger partial charge in [-0.3, -0.25) is 10.1 Å². The molecule has 0 radical (unpaired) electrons. The monoisotopic (exact) mass is 434 g/mol. The number of carbonyl (C=O) groups is 1. The van der Waals surface area contributed by atoms with Crippen LogP contribution in [0, 0.1) is 10.1 Å². The molecule has 25 heavy (non-hydrogen) atoms. The fourth-order valence-electron chi connectivity index (χ4n) is 1.65. The van der Waals surface area contributed by atoms with Crippen LogP contribution in [0.4, 0.5) is 9.80 Å². The van der Waals surface area contributed by atoms with E-state index in [1.165, 1.54) is 20.8 Å². The molecule has 0 saturated heterocycles. The predicted molar refractivity (Wildman–Crippen MR) is 90.6 cm³/mol. The van der Waals surface area contributed by atoms with Crippen LogP contribution in [0.5, 0.6) is 0 Å². The molecule has 1 aromatic rings. The molecule has 1 amide bonds. The number of carbonyl (C=O) groups excluding carboxylic acids is 1. The summed E-state index contributed by atoms with van der Waals surface area (Å²) in [4.78, 5) is 21.3. The molecular weight excluding hydrogens is 420 g/mol. The van der Waals surface area contributed by atoms with E-state index in [1.807, 2.05) is 0 Å². The lowest BCUT2D eigenvalue weighted by Crippen LogP contribution is -2.39. The van der Waals surface area contributed by atoms with Crippen LogP contribution in [-0.2, 0) is 30.4 Å². The number of hydrogen-bond acceptors (Lipinski definition) is 9. The van der Waals surface area contributed by atoms with Crippen molar-refractivity contribution >= 4 is 52.2 Å². The third-order valence-corrected chi connectivity index (χ3v) is 6.11. The van der Waals surface area contributed by atoms with Crippen molar-refractivity contribution in [3.8, 4) is 0 Å². The van der Waals surface area contributed by atoms with Gasteiger partial charge in [-0.2, -0.15) is 0 Å². The quantitative estimate of drug-likeness (QED) is 0.390. The van der Waals surface area contributed by atoms with Crippen LogP contribution < -0.4 is 0 Å². The molecule has 0 unspecified atom stereocenters. The van der Waals surface area contributed by atoms with Crippen molar-refractivity contribution in [3.63, 3.8) is 0 Å². The predicted octanol–water partition coefficient (Wildman–Crippen LogP) is 2.28. The Morgan fingerprint density at radius 3 is 2.24 bits per heavy atom. The minimum absolute atomic E-state index is 0.273. The molecular formula is C11H15ClN2O8S3. The zero-order chi connectivity index (χ0) is 19.8. The van der Waals surface area contributed by atoms with Gasteiger partial charge in [0.05, 0.1) is 17.7 Å². The van der Waals surface area contributed by atoms with Crippen LogP contribution in [0.25, 0.3) is 0 Å². The third kappa shape index (κ3) is 5.80. The summed E-state index contributed by atoms with van der Waals surface area (Å²) in [7, 11) is -3.47. The number of ether oxygens (including phenoxy) is 1. The van der Waals surface area contributed by atoms with Crippen LogP contribution in [-0.4, -0.2) is 44.0 Å².